The molecule has 0 radical (unpaired) electrons. The molecule has 2 bridgehead atoms. The average Bonchev–Trinajstić information content (AvgIpc) is 2.96. The second-order valence-electron chi connectivity index (χ2n) is 9.85. The number of anilines is 1. The van der Waals surface area contributed by atoms with Gasteiger partial charge in [-0.2, -0.15) is 4.73 Å². The van der Waals surface area contributed by atoms with Crippen molar-refractivity contribution in [1.82, 2.24) is 5.06 Å². The van der Waals surface area contributed by atoms with Gasteiger partial charge in [0.15, 0.2) is 17.7 Å². The molecule has 43 heavy (non-hydrogen) atoms. The van der Waals surface area contributed by atoms with E-state index in [1.807, 2.05) is 0 Å². The Bertz CT molecular complexity index is 1830. The molecule has 0 saturated carbocycles. The summed E-state index contributed by atoms with van der Waals surface area (Å²) in [4.78, 5) is 28.6. The number of benzene rings is 2. The normalized spacial score (nSPS) is 19.1. The minimum atomic E-state index is -1.02. The largest absolute Gasteiger partial charge is 0.618 e. The number of amides is 2. The van der Waals surface area contributed by atoms with E-state index in [0.29, 0.717) is 22.6 Å². The SMILES string of the molecule is COC(=O)Nc1ccc2/c(c1)=N\C(=O)CCCCC(c1ccc(-c3c(F)ccc(Cl)c3F)c[n+]1[O-])C1=C/C=2N(O)C=C1F. The Balaban J connectivity index is 1.67. The number of ether oxygens (including phenoxy) is 1. The number of pyridine rings is 1. The average molecular weight is 613 g/mol. The van der Waals surface area contributed by atoms with Crippen molar-refractivity contribution in [3.05, 3.63) is 110 Å². The Morgan fingerprint density at radius 1 is 1.19 bits per heavy atom. The number of rotatable bonds is 3. The lowest BCUT2D eigenvalue weighted by Crippen LogP contribution is -2.36. The van der Waals surface area contributed by atoms with Gasteiger partial charge in [0.05, 0.1) is 46.4 Å². The Morgan fingerprint density at radius 3 is 2.72 bits per heavy atom. The van der Waals surface area contributed by atoms with E-state index in [2.05, 4.69) is 15.0 Å². The first-order valence-electron chi connectivity index (χ1n) is 13.1. The standard InChI is InChI=1S/C30H24ClF3N4O5/c1-43-30(40)35-17-7-8-19-24(12-17)36-27(39)5-3-2-4-18(20-13-26(19)38(42)15-23(20)33)25-11-6-16(14-37(25)41)28-22(32)10-9-21(31)29(28)34/h6-15,18,42H,2-5H2,1H3,(H,35,40)/b26-19-,36-24-. The number of fused-ring (bicyclic) bond motifs is 2. The first-order valence-corrected chi connectivity index (χ1v) is 13.5. The molecule has 0 saturated heterocycles. The molecule has 3 aromatic rings. The molecule has 2 aliphatic rings. The lowest BCUT2D eigenvalue weighted by molar-refractivity contribution is -0.614. The number of hydrogen-bond donors (Lipinski definition) is 2. The molecule has 222 valence electrons. The smallest absolute Gasteiger partial charge is 0.411 e. The van der Waals surface area contributed by atoms with Gasteiger partial charge in [-0.15, -0.1) is 0 Å². The molecule has 13 heteroatoms. The van der Waals surface area contributed by atoms with Crippen LogP contribution in [0.1, 0.15) is 37.3 Å². The molecule has 1 unspecified atom stereocenters. The van der Waals surface area contributed by atoms with Gasteiger partial charge in [0.2, 0.25) is 5.91 Å². The maximum atomic E-state index is 15.5. The maximum absolute atomic E-state index is 15.5. The summed E-state index contributed by atoms with van der Waals surface area (Å²) in [7, 11) is 1.19. The fourth-order valence-corrected chi connectivity index (χ4v) is 5.23. The van der Waals surface area contributed by atoms with Crippen LogP contribution in [-0.4, -0.2) is 29.4 Å². The number of nitrogens with zero attached hydrogens (tertiary/aromatic N) is 3. The van der Waals surface area contributed by atoms with Crippen LogP contribution in [0.15, 0.2) is 77.3 Å². The summed E-state index contributed by atoms with van der Waals surface area (Å²) in [5.74, 6) is -4.08. The van der Waals surface area contributed by atoms with Gasteiger partial charge >= 0.3 is 6.09 Å². The molecule has 5 rings (SSSR count). The predicted octanol–water partition coefficient (Wildman–Crippen LogP) is 5.15. The topological polar surface area (TPSA) is 118 Å². The third-order valence-corrected chi connectivity index (χ3v) is 7.44. The van der Waals surface area contributed by atoms with Crippen LogP contribution in [-0.2, 0) is 9.53 Å². The van der Waals surface area contributed by atoms with Crippen molar-refractivity contribution in [3.8, 4) is 11.1 Å². The summed E-state index contributed by atoms with van der Waals surface area (Å²) >= 11 is 5.82. The van der Waals surface area contributed by atoms with E-state index < -0.39 is 40.9 Å². The van der Waals surface area contributed by atoms with Crippen molar-refractivity contribution < 1.29 is 37.4 Å². The summed E-state index contributed by atoms with van der Waals surface area (Å²) in [6, 6.07) is 9.14. The molecule has 1 aromatic heterocycles. The highest BCUT2D eigenvalue weighted by molar-refractivity contribution is 6.31. The summed E-state index contributed by atoms with van der Waals surface area (Å²) in [6.45, 7) is 0. The molecular weight excluding hydrogens is 589 g/mol. The van der Waals surface area contributed by atoms with E-state index in [-0.39, 0.29) is 56.7 Å². The molecule has 2 aromatic carbocycles. The van der Waals surface area contributed by atoms with Gasteiger partial charge in [-0.05, 0) is 55.3 Å². The van der Waals surface area contributed by atoms with E-state index in [4.69, 9.17) is 11.6 Å². The Morgan fingerprint density at radius 2 is 1.98 bits per heavy atom. The summed E-state index contributed by atoms with van der Waals surface area (Å²) in [5.41, 5.74) is -0.0826. The zero-order chi connectivity index (χ0) is 30.8. The van der Waals surface area contributed by atoms with Crippen LogP contribution in [0.2, 0.25) is 5.02 Å². The van der Waals surface area contributed by atoms with E-state index in [1.165, 1.54) is 43.5 Å². The highest BCUT2D eigenvalue weighted by Crippen LogP contribution is 2.38. The molecule has 3 heterocycles. The first-order chi connectivity index (χ1) is 20.6. The monoisotopic (exact) mass is 612 g/mol. The Kier molecular flexibility index (Phi) is 8.51. The van der Waals surface area contributed by atoms with Gasteiger partial charge in [0.1, 0.15) is 11.6 Å². The second-order valence-corrected chi connectivity index (χ2v) is 10.3. The van der Waals surface area contributed by atoms with Crippen molar-refractivity contribution in [1.29, 1.82) is 0 Å². The van der Waals surface area contributed by atoms with Crippen molar-refractivity contribution >= 4 is 35.0 Å². The maximum Gasteiger partial charge on any atom is 0.411 e. The minimum Gasteiger partial charge on any atom is -0.618 e. The van der Waals surface area contributed by atoms with Crippen molar-refractivity contribution in [3.63, 3.8) is 0 Å². The van der Waals surface area contributed by atoms with Gasteiger partial charge in [0.25, 0.3) is 0 Å². The molecule has 9 nitrogen and oxygen atoms in total. The summed E-state index contributed by atoms with van der Waals surface area (Å²) in [6.07, 6.45) is 3.45. The number of halogens is 4. The summed E-state index contributed by atoms with van der Waals surface area (Å²) in [5, 5.41) is 27.0. The highest BCUT2D eigenvalue weighted by atomic mass is 35.5. The lowest BCUT2D eigenvalue weighted by atomic mass is 9.86. The van der Waals surface area contributed by atoms with Gasteiger partial charge in [-0.25, -0.2) is 28.0 Å². The Labute approximate surface area is 248 Å². The molecule has 2 amide bonds. The molecular formula is C30H24ClF3N4O5. The number of allylic oxidation sites excluding steroid dienone is 2. The van der Waals surface area contributed by atoms with Gasteiger partial charge in [0, 0.05) is 29.0 Å². The number of methoxy groups -OCH3 is 1. The molecule has 2 aliphatic heterocycles. The third-order valence-electron chi connectivity index (χ3n) is 7.14. The van der Waals surface area contributed by atoms with E-state index in [0.717, 1.165) is 24.5 Å². The molecule has 1 atom stereocenters. The van der Waals surface area contributed by atoms with E-state index in [1.54, 1.807) is 0 Å². The van der Waals surface area contributed by atoms with Crippen LogP contribution in [0.25, 0.3) is 16.8 Å². The van der Waals surface area contributed by atoms with Crippen LogP contribution in [0, 0.1) is 16.8 Å². The number of aromatic nitrogens is 1. The lowest BCUT2D eigenvalue weighted by Gasteiger charge is -2.25. The zero-order valence-corrected chi connectivity index (χ0v) is 23.4. The summed E-state index contributed by atoms with van der Waals surface area (Å²) < 4.78 is 49.7. The van der Waals surface area contributed by atoms with Crippen molar-refractivity contribution in [2.75, 3.05) is 12.4 Å². The number of carbonyl (C=O) groups is 2. The van der Waals surface area contributed by atoms with Crippen LogP contribution in [0.3, 0.4) is 0 Å². The van der Waals surface area contributed by atoms with Crippen LogP contribution < -0.4 is 20.6 Å². The quantitative estimate of drug-likeness (QED) is 0.240. The minimum absolute atomic E-state index is 0.0417. The first kappa shape index (κ1) is 29.8. The molecule has 0 spiro atoms. The molecule has 0 aliphatic carbocycles. The van der Waals surface area contributed by atoms with Crippen molar-refractivity contribution in [2.45, 2.75) is 31.6 Å². The zero-order valence-electron chi connectivity index (χ0n) is 22.6. The molecule has 2 N–H and O–H groups in total. The third kappa shape index (κ3) is 6.11. The number of hydrogen-bond acceptors (Lipinski definition) is 6. The van der Waals surface area contributed by atoms with Crippen LogP contribution >= 0.6 is 11.6 Å². The second kappa shape index (κ2) is 12.3. The van der Waals surface area contributed by atoms with Gasteiger partial charge < -0.3 is 9.94 Å². The number of carbonyl (C=O) groups excluding carboxylic acids is 2. The fourth-order valence-electron chi connectivity index (χ4n) is 5.07. The number of hydroxylamine groups is 2. The van der Waals surface area contributed by atoms with Crippen molar-refractivity contribution in [2.24, 2.45) is 4.99 Å². The van der Waals surface area contributed by atoms with Gasteiger partial charge in [-0.3, -0.25) is 15.3 Å². The van der Waals surface area contributed by atoms with Crippen LogP contribution in [0.4, 0.5) is 23.7 Å². The van der Waals surface area contributed by atoms with E-state index >= 15 is 4.39 Å². The highest BCUT2D eigenvalue weighted by Gasteiger charge is 2.31. The predicted molar refractivity (Wildman–Crippen MR) is 150 cm³/mol. The van der Waals surface area contributed by atoms with Gasteiger partial charge in [-0.1, -0.05) is 18.0 Å². The Hall–Kier alpha value is -4.68. The number of nitrogens with one attached hydrogen (secondary N) is 1. The fraction of sp³-hybridized carbons (Fsp3) is 0.200. The van der Waals surface area contributed by atoms with E-state index in [9.17, 15) is 28.8 Å². The molecule has 0 fully saturated rings. The van der Waals surface area contributed by atoms with Crippen LogP contribution in [0.5, 0.6) is 0 Å².